The van der Waals surface area contributed by atoms with E-state index < -0.39 is 46.9 Å². The molecule has 0 spiro atoms. The highest BCUT2D eigenvalue weighted by atomic mass is 35.5. The maximum atomic E-state index is 13.2. The van der Waals surface area contributed by atoms with Gasteiger partial charge in [-0.3, -0.25) is 0 Å². The fourth-order valence-electron chi connectivity index (χ4n) is 1.11. The zero-order chi connectivity index (χ0) is 11.6. The molecule has 0 aliphatic rings. The molecule has 0 saturated heterocycles. The molecule has 6 heteroatoms. The van der Waals surface area contributed by atoms with E-state index in [-0.39, 0.29) is 0 Å². The lowest BCUT2D eigenvalue weighted by atomic mass is 10.1. The number of ether oxygens (including phenoxy) is 1. The second kappa shape index (κ2) is 4.81. The summed E-state index contributed by atoms with van der Waals surface area (Å²) in [5.74, 6) is -6.52. The van der Waals surface area contributed by atoms with Crippen molar-refractivity contribution in [2.45, 2.75) is 12.5 Å². The lowest BCUT2D eigenvalue weighted by molar-refractivity contribution is 0.175. The normalized spacial score (nSPS) is 10.8. The Balaban J connectivity index is 3.44. The average Bonchev–Trinajstić information content (AvgIpc) is 2.23. The van der Waals surface area contributed by atoms with Crippen LogP contribution in [0, 0.1) is 23.3 Å². The molecular formula is C9H7ClF4O. The van der Waals surface area contributed by atoms with Crippen LogP contribution in [0.25, 0.3) is 0 Å². The highest BCUT2D eigenvalue weighted by molar-refractivity contribution is 6.17. The Morgan fingerprint density at radius 3 is 1.67 bits per heavy atom. The van der Waals surface area contributed by atoms with Gasteiger partial charge in [0.25, 0.3) is 0 Å². The van der Waals surface area contributed by atoms with Crippen LogP contribution in [-0.2, 0) is 17.2 Å². The van der Waals surface area contributed by atoms with Gasteiger partial charge in [0.15, 0.2) is 23.3 Å². The van der Waals surface area contributed by atoms with Gasteiger partial charge in [-0.1, -0.05) is 0 Å². The third-order valence-electron chi connectivity index (χ3n) is 1.87. The summed E-state index contributed by atoms with van der Waals surface area (Å²) in [5.41, 5.74) is -1.59. The Morgan fingerprint density at radius 1 is 0.933 bits per heavy atom. The van der Waals surface area contributed by atoms with Crippen molar-refractivity contribution in [2.75, 3.05) is 7.11 Å². The third kappa shape index (κ3) is 2.08. The highest BCUT2D eigenvalue weighted by Crippen LogP contribution is 2.25. The molecule has 0 aliphatic carbocycles. The van der Waals surface area contributed by atoms with E-state index in [9.17, 15) is 17.6 Å². The van der Waals surface area contributed by atoms with Crippen molar-refractivity contribution < 1.29 is 22.3 Å². The third-order valence-corrected chi connectivity index (χ3v) is 2.13. The number of benzene rings is 1. The molecule has 0 N–H and O–H groups in total. The van der Waals surface area contributed by atoms with Gasteiger partial charge in [-0.05, 0) is 0 Å². The van der Waals surface area contributed by atoms with Crippen molar-refractivity contribution in [3.05, 3.63) is 34.4 Å². The van der Waals surface area contributed by atoms with Crippen molar-refractivity contribution >= 4 is 11.6 Å². The summed E-state index contributed by atoms with van der Waals surface area (Å²) in [5, 5.41) is 0. The minimum Gasteiger partial charge on any atom is -0.380 e. The largest absolute Gasteiger partial charge is 0.380 e. The molecule has 0 aromatic heterocycles. The smallest absolute Gasteiger partial charge is 0.167 e. The molecule has 0 heterocycles. The molecule has 0 unspecified atom stereocenters. The van der Waals surface area contributed by atoms with Crippen molar-refractivity contribution in [1.29, 1.82) is 0 Å². The van der Waals surface area contributed by atoms with E-state index >= 15 is 0 Å². The first-order chi connectivity index (χ1) is 7.04. The lowest BCUT2D eigenvalue weighted by Gasteiger charge is -2.09. The first-order valence-corrected chi connectivity index (χ1v) is 4.46. The number of alkyl halides is 1. The minimum absolute atomic E-state index is 0.548. The molecular weight excluding hydrogens is 236 g/mol. The Kier molecular flexibility index (Phi) is 3.93. The molecule has 0 fully saturated rings. The van der Waals surface area contributed by atoms with Crippen LogP contribution < -0.4 is 0 Å². The summed E-state index contributed by atoms with van der Waals surface area (Å²) in [6.07, 6.45) is 0. The Bertz CT molecular complexity index is 352. The van der Waals surface area contributed by atoms with Crippen LogP contribution in [-0.4, -0.2) is 7.11 Å². The van der Waals surface area contributed by atoms with Crippen LogP contribution in [0.4, 0.5) is 17.6 Å². The molecule has 0 aliphatic heterocycles. The summed E-state index contributed by atoms with van der Waals surface area (Å²) in [7, 11) is 1.16. The van der Waals surface area contributed by atoms with E-state index in [4.69, 9.17) is 11.6 Å². The molecule has 1 aromatic carbocycles. The SMILES string of the molecule is COCc1c(F)c(F)c(CCl)c(F)c1F. The van der Waals surface area contributed by atoms with E-state index in [1.807, 2.05) is 0 Å². The minimum atomic E-state index is -1.48. The van der Waals surface area contributed by atoms with Crippen molar-refractivity contribution in [3.8, 4) is 0 Å². The zero-order valence-electron chi connectivity index (χ0n) is 7.71. The summed E-state index contributed by atoms with van der Waals surface area (Å²) < 4.78 is 57.0. The average molecular weight is 243 g/mol. The highest BCUT2D eigenvalue weighted by Gasteiger charge is 2.24. The monoisotopic (exact) mass is 242 g/mol. The first kappa shape index (κ1) is 12.3. The van der Waals surface area contributed by atoms with Gasteiger partial charge in [-0.2, -0.15) is 0 Å². The molecule has 0 saturated carbocycles. The number of methoxy groups -OCH3 is 1. The van der Waals surface area contributed by atoms with Crippen molar-refractivity contribution in [1.82, 2.24) is 0 Å². The van der Waals surface area contributed by atoms with Gasteiger partial charge in [-0.15, -0.1) is 11.6 Å². The van der Waals surface area contributed by atoms with Crippen LogP contribution in [0.3, 0.4) is 0 Å². The number of rotatable bonds is 3. The molecule has 0 radical (unpaired) electrons. The summed E-state index contributed by atoms with van der Waals surface area (Å²) in [4.78, 5) is 0. The van der Waals surface area contributed by atoms with Crippen LogP contribution >= 0.6 is 11.6 Å². The van der Waals surface area contributed by atoms with E-state index in [0.717, 1.165) is 7.11 Å². The second-order valence-electron chi connectivity index (χ2n) is 2.78. The zero-order valence-corrected chi connectivity index (χ0v) is 8.47. The topological polar surface area (TPSA) is 9.23 Å². The van der Waals surface area contributed by atoms with Crippen LogP contribution in [0.5, 0.6) is 0 Å². The van der Waals surface area contributed by atoms with Crippen molar-refractivity contribution in [2.24, 2.45) is 0 Å². The fraction of sp³-hybridized carbons (Fsp3) is 0.333. The number of halogens is 5. The Labute approximate surface area is 88.6 Å². The van der Waals surface area contributed by atoms with Crippen molar-refractivity contribution in [3.63, 3.8) is 0 Å². The standard InChI is InChI=1S/C9H7ClF4O/c1-15-3-5-8(13)6(11)4(2-10)7(12)9(5)14/h2-3H2,1H3. The first-order valence-electron chi connectivity index (χ1n) is 3.93. The van der Waals surface area contributed by atoms with Gasteiger partial charge in [0.05, 0.1) is 18.1 Å². The Hall–Kier alpha value is -0.810. The van der Waals surface area contributed by atoms with E-state index in [0.29, 0.717) is 0 Å². The molecule has 0 amide bonds. The van der Waals surface area contributed by atoms with Crippen LogP contribution in [0.1, 0.15) is 11.1 Å². The lowest BCUT2D eigenvalue weighted by Crippen LogP contribution is -2.08. The molecule has 0 atom stereocenters. The predicted octanol–water partition coefficient (Wildman–Crippen LogP) is 3.13. The second-order valence-corrected chi connectivity index (χ2v) is 3.05. The summed E-state index contributed by atoms with van der Waals surface area (Å²) in [6, 6.07) is 0. The van der Waals surface area contributed by atoms with E-state index in [2.05, 4.69) is 4.74 Å². The van der Waals surface area contributed by atoms with Gasteiger partial charge < -0.3 is 4.74 Å². The van der Waals surface area contributed by atoms with E-state index in [1.54, 1.807) is 0 Å². The molecule has 0 bridgehead atoms. The predicted molar refractivity (Wildman–Crippen MR) is 46.5 cm³/mol. The fourth-order valence-corrected chi connectivity index (χ4v) is 1.35. The van der Waals surface area contributed by atoms with Gasteiger partial charge in [0.1, 0.15) is 0 Å². The molecule has 15 heavy (non-hydrogen) atoms. The summed E-state index contributed by atoms with van der Waals surface area (Å²) >= 11 is 5.17. The van der Waals surface area contributed by atoms with Gasteiger partial charge in [0, 0.05) is 12.7 Å². The van der Waals surface area contributed by atoms with Gasteiger partial charge in [0.2, 0.25) is 0 Å². The number of hydrogen-bond donors (Lipinski definition) is 0. The summed E-state index contributed by atoms with van der Waals surface area (Å²) in [6.45, 7) is -0.548. The molecule has 1 rings (SSSR count). The maximum Gasteiger partial charge on any atom is 0.167 e. The number of hydrogen-bond acceptors (Lipinski definition) is 1. The molecule has 1 nitrogen and oxygen atoms in total. The van der Waals surface area contributed by atoms with Gasteiger partial charge >= 0.3 is 0 Å². The quantitative estimate of drug-likeness (QED) is 0.450. The van der Waals surface area contributed by atoms with Gasteiger partial charge in [-0.25, -0.2) is 17.6 Å². The van der Waals surface area contributed by atoms with Crippen LogP contribution in [0.15, 0.2) is 0 Å². The maximum absolute atomic E-state index is 13.2. The Morgan fingerprint density at radius 2 is 1.33 bits per heavy atom. The van der Waals surface area contributed by atoms with Crippen LogP contribution in [0.2, 0.25) is 0 Å². The van der Waals surface area contributed by atoms with E-state index in [1.165, 1.54) is 0 Å². The molecule has 84 valence electrons. The molecule has 1 aromatic rings.